The van der Waals surface area contributed by atoms with Crippen LogP contribution in [0.2, 0.25) is 0 Å². The molecule has 0 aliphatic carbocycles. The summed E-state index contributed by atoms with van der Waals surface area (Å²) < 4.78 is 0.797. The number of anilines is 1. The lowest BCUT2D eigenvalue weighted by Gasteiger charge is -1.99. The Morgan fingerprint density at radius 3 is 2.77 bits per heavy atom. The van der Waals surface area contributed by atoms with E-state index in [0.717, 1.165) is 34.9 Å². The van der Waals surface area contributed by atoms with Crippen LogP contribution in [0.4, 0.5) is 5.13 Å². The van der Waals surface area contributed by atoms with Crippen LogP contribution in [0, 0.1) is 0 Å². The molecule has 0 spiro atoms. The Morgan fingerprint density at radius 1 is 1.31 bits per heavy atom. The number of aliphatic hydroxyl groups is 1. The second-order valence-corrected chi connectivity index (χ2v) is 4.82. The Kier molecular flexibility index (Phi) is 5.26. The summed E-state index contributed by atoms with van der Waals surface area (Å²) in [4.78, 5) is 0. The number of unbranched alkanes of at least 4 members (excludes halogenated alkanes) is 2. The van der Waals surface area contributed by atoms with Gasteiger partial charge in [-0.1, -0.05) is 11.3 Å². The summed E-state index contributed by atoms with van der Waals surface area (Å²) in [6.07, 6.45) is 2.97. The zero-order valence-corrected chi connectivity index (χ0v) is 9.57. The monoisotopic (exact) mass is 265 g/mol. The van der Waals surface area contributed by atoms with Gasteiger partial charge in [0.15, 0.2) is 3.92 Å². The third-order valence-electron chi connectivity index (χ3n) is 1.51. The molecule has 6 heteroatoms. The fourth-order valence-corrected chi connectivity index (χ4v) is 1.92. The highest BCUT2D eigenvalue weighted by molar-refractivity contribution is 9.11. The molecule has 1 aromatic rings. The quantitative estimate of drug-likeness (QED) is 0.772. The van der Waals surface area contributed by atoms with Gasteiger partial charge in [-0.2, -0.15) is 0 Å². The van der Waals surface area contributed by atoms with Crippen LogP contribution >= 0.6 is 27.3 Å². The van der Waals surface area contributed by atoms with E-state index in [0.29, 0.717) is 0 Å². The third-order valence-corrected chi connectivity index (χ3v) is 2.83. The van der Waals surface area contributed by atoms with E-state index < -0.39 is 0 Å². The van der Waals surface area contributed by atoms with Gasteiger partial charge in [0.25, 0.3) is 0 Å². The van der Waals surface area contributed by atoms with Gasteiger partial charge in [0.1, 0.15) is 0 Å². The second-order valence-electron chi connectivity index (χ2n) is 2.57. The predicted molar refractivity (Wildman–Crippen MR) is 57.0 cm³/mol. The number of rotatable bonds is 6. The molecule has 0 aliphatic rings. The fraction of sp³-hybridized carbons (Fsp3) is 0.714. The van der Waals surface area contributed by atoms with Crippen molar-refractivity contribution in [1.29, 1.82) is 0 Å². The van der Waals surface area contributed by atoms with Crippen molar-refractivity contribution in [2.45, 2.75) is 19.3 Å². The molecule has 4 nitrogen and oxygen atoms in total. The first-order chi connectivity index (χ1) is 6.33. The summed E-state index contributed by atoms with van der Waals surface area (Å²) >= 11 is 4.72. The Hall–Kier alpha value is -0.200. The van der Waals surface area contributed by atoms with Crippen molar-refractivity contribution < 1.29 is 5.11 Å². The van der Waals surface area contributed by atoms with Gasteiger partial charge < -0.3 is 10.4 Å². The highest BCUT2D eigenvalue weighted by atomic mass is 79.9. The Balaban J connectivity index is 2.06. The minimum atomic E-state index is 0.282. The molecule has 0 bridgehead atoms. The number of nitrogens with zero attached hydrogens (tertiary/aromatic N) is 2. The smallest absolute Gasteiger partial charge is 0.206 e. The van der Waals surface area contributed by atoms with Gasteiger partial charge in [-0.15, -0.1) is 10.2 Å². The zero-order valence-electron chi connectivity index (χ0n) is 7.16. The lowest BCUT2D eigenvalue weighted by Crippen LogP contribution is -2.01. The Morgan fingerprint density at radius 2 is 2.15 bits per heavy atom. The number of aromatic nitrogens is 2. The minimum absolute atomic E-state index is 0.282. The van der Waals surface area contributed by atoms with Crippen molar-refractivity contribution in [2.75, 3.05) is 18.5 Å². The molecule has 1 rings (SSSR count). The van der Waals surface area contributed by atoms with Crippen LogP contribution in [-0.2, 0) is 0 Å². The van der Waals surface area contributed by atoms with Crippen molar-refractivity contribution in [3.63, 3.8) is 0 Å². The summed E-state index contributed by atoms with van der Waals surface area (Å²) in [5, 5.41) is 20.2. The molecular formula is C7H12BrN3OS. The molecule has 74 valence electrons. The van der Waals surface area contributed by atoms with Crippen molar-refractivity contribution in [2.24, 2.45) is 0 Å². The van der Waals surface area contributed by atoms with Gasteiger partial charge in [0, 0.05) is 13.2 Å². The SMILES string of the molecule is OCCCCCNc1nnc(Br)s1. The van der Waals surface area contributed by atoms with E-state index in [1.165, 1.54) is 11.3 Å². The average molecular weight is 266 g/mol. The molecule has 2 N–H and O–H groups in total. The zero-order chi connectivity index (χ0) is 9.52. The summed E-state index contributed by atoms with van der Waals surface area (Å²) in [6, 6.07) is 0. The van der Waals surface area contributed by atoms with Crippen LogP contribution in [0.25, 0.3) is 0 Å². The standard InChI is InChI=1S/C7H12BrN3OS/c8-6-10-11-7(13-6)9-4-2-1-3-5-12/h12H,1-5H2,(H,9,11). The Bertz CT molecular complexity index is 243. The van der Waals surface area contributed by atoms with E-state index in [9.17, 15) is 0 Å². The number of halogens is 1. The van der Waals surface area contributed by atoms with E-state index in [2.05, 4.69) is 31.4 Å². The Labute approximate surface area is 89.5 Å². The molecule has 0 unspecified atom stereocenters. The lowest BCUT2D eigenvalue weighted by atomic mass is 10.2. The van der Waals surface area contributed by atoms with Gasteiger partial charge in [-0.3, -0.25) is 0 Å². The predicted octanol–water partition coefficient (Wildman–Crippen LogP) is 1.88. The van der Waals surface area contributed by atoms with Crippen molar-refractivity contribution >= 4 is 32.4 Å². The van der Waals surface area contributed by atoms with Gasteiger partial charge in [0.05, 0.1) is 0 Å². The van der Waals surface area contributed by atoms with Crippen molar-refractivity contribution in [1.82, 2.24) is 10.2 Å². The van der Waals surface area contributed by atoms with E-state index in [4.69, 9.17) is 5.11 Å². The van der Waals surface area contributed by atoms with Crippen LogP contribution in [-0.4, -0.2) is 28.5 Å². The molecule has 0 radical (unpaired) electrons. The van der Waals surface area contributed by atoms with Crippen LogP contribution in [0.15, 0.2) is 3.92 Å². The van der Waals surface area contributed by atoms with Crippen LogP contribution in [0.5, 0.6) is 0 Å². The first-order valence-electron chi connectivity index (χ1n) is 4.16. The first kappa shape index (κ1) is 10.9. The largest absolute Gasteiger partial charge is 0.396 e. The summed E-state index contributed by atoms with van der Waals surface area (Å²) in [5.74, 6) is 0. The number of hydrogen-bond acceptors (Lipinski definition) is 5. The van der Waals surface area contributed by atoms with Crippen molar-refractivity contribution in [3.05, 3.63) is 3.92 Å². The lowest BCUT2D eigenvalue weighted by molar-refractivity contribution is 0.283. The van der Waals surface area contributed by atoms with Gasteiger partial charge in [-0.05, 0) is 35.2 Å². The van der Waals surface area contributed by atoms with Gasteiger partial charge in [0.2, 0.25) is 5.13 Å². The van der Waals surface area contributed by atoms with Crippen LogP contribution in [0.1, 0.15) is 19.3 Å². The molecule has 0 fully saturated rings. The molecule has 0 saturated heterocycles. The molecule has 13 heavy (non-hydrogen) atoms. The van der Waals surface area contributed by atoms with Gasteiger partial charge >= 0.3 is 0 Å². The minimum Gasteiger partial charge on any atom is -0.396 e. The van der Waals surface area contributed by atoms with Gasteiger partial charge in [-0.25, -0.2) is 0 Å². The maximum atomic E-state index is 8.54. The molecule has 1 aromatic heterocycles. The number of aliphatic hydroxyl groups excluding tert-OH is 1. The number of hydrogen-bond donors (Lipinski definition) is 2. The topological polar surface area (TPSA) is 58.0 Å². The first-order valence-corrected chi connectivity index (χ1v) is 5.77. The maximum Gasteiger partial charge on any atom is 0.206 e. The molecule has 0 aliphatic heterocycles. The molecule has 1 heterocycles. The fourth-order valence-electron chi connectivity index (χ4n) is 0.886. The molecule has 0 atom stereocenters. The molecule has 0 amide bonds. The second kappa shape index (κ2) is 6.28. The molecular weight excluding hydrogens is 254 g/mol. The molecule has 0 aromatic carbocycles. The summed E-state index contributed by atoms with van der Waals surface area (Å²) in [5.41, 5.74) is 0. The number of nitrogens with one attached hydrogen (secondary N) is 1. The normalized spacial score (nSPS) is 10.3. The molecule has 0 saturated carbocycles. The van der Waals surface area contributed by atoms with E-state index in [-0.39, 0.29) is 6.61 Å². The van der Waals surface area contributed by atoms with Crippen LogP contribution < -0.4 is 5.32 Å². The average Bonchev–Trinajstić information content (AvgIpc) is 2.51. The maximum absolute atomic E-state index is 8.54. The summed E-state index contributed by atoms with van der Waals surface area (Å²) in [7, 11) is 0. The highest BCUT2D eigenvalue weighted by Gasteiger charge is 1.98. The summed E-state index contributed by atoms with van der Waals surface area (Å²) in [6.45, 7) is 1.17. The van der Waals surface area contributed by atoms with Crippen LogP contribution in [0.3, 0.4) is 0 Å². The highest BCUT2D eigenvalue weighted by Crippen LogP contribution is 2.19. The van der Waals surface area contributed by atoms with E-state index in [1.54, 1.807) is 0 Å². The van der Waals surface area contributed by atoms with E-state index in [1.807, 2.05) is 0 Å². The third kappa shape index (κ3) is 4.54. The van der Waals surface area contributed by atoms with Crippen molar-refractivity contribution in [3.8, 4) is 0 Å². The van der Waals surface area contributed by atoms with E-state index >= 15 is 0 Å².